The van der Waals surface area contributed by atoms with Crippen LogP contribution in [0.4, 0.5) is 0 Å². The molecule has 28 heavy (non-hydrogen) atoms. The van der Waals surface area contributed by atoms with Gasteiger partial charge in [0.25, 0.3) is 5.91 Å². The van der Waals surface area contributed by atoms with Gasteiger partial charge in [-0.3, -0.25) is 9.59 Å². The third-order valence-electron chi connectivity index (χ3n) is 5.25. The smallest absolute Gasteiger partial charge is 0.290 e. The molecule has 0 saturated carbocycles. The molecular formula is C21H27N2O5+. The van der Waals surface area contributed by atoms with Gasteiger partial charge in [-0.2, -0.15) is 0 Å². The Kier molecular flexibility index (Phi) is 6.04. The van der Waals surface area contributed by atoms with E-state index in [2.05, 4.69) is 13.8 Å². The molecule has 2 aromatic rings. The molecule has 2 N–H and O–H groups in total. The number of hydrogen-bond acceptors (Lipinski definition) is 5. The number of aliphatic hydroxyl groups is 1. The van der Waals surface area contributed by atoms with Crippen molar-refractivity contribution in [2.45, 2.75) is 33.2 Å². The molecule has 7 heteroatoms. The zero-order valence-electron chi connectivity index (χ0n) is 16.5. The summed E-state index contributed by atoms with van der Waals surface area (Å²) in [6, 6.07) is 5.88. The number of carbonyl (C=O) groups is 2. The first-order valence-electron chi connectivity index (χ1n) is 9.70. The minimum atomic E-state index is -0.757. The van der Waals surface area contributed by atoms with E-state index < -0.39 is 23.5 Å². The summed E-state index contributed by atoms with van der Waals surface area (Å²) < 4.78 is 10.9. The lowest BCUT2D eigenvalue weighted by Crippen LogP contribution is -3.11. The first kappa shape index (κ1) is 19.9. The van der Waals surface area contributed by atoms with Crippen LogP contribution in [0, 0.1) is 6.92 Å². The van der Waals surface area contributed by atoms with Gasteiger partial charge in [-0.1, -0.05) is 0 Å². The summed E-state index contributed by atoms with van der Waals surface area (Å²) in [4.78, 5) is 28.7. The van der Waals surface area contributed by atoms with Crippen LogP contribution in [0.15, 0.2) is 50.7 Å². The number of amides is 1. The van der Waals surface area contributed by atoms with Crippen LogP contribution >= 0.6 is 0 Å². The van der Waals surface area contributed by atoms with Gasteiger partial charge in [0.2, 0.25) is 5.78 Å². The van der Waals surface area contributed by atoms with Crippen molar-refractivity contribution >= 4 is 11.7 Å². The monoisotopic (exact) mass is 387 g/mol. The second-order valence-corrected chi connectivity index (χ2v) is 6.98. The Morgan fingerprint density at radius 1 is 1.25 bits per heavy atom. The number of aliphatic hydroxyl groups excluding tert-OH is 1. The fourth-order valence-corrected chi connectivity index (χ4v) is 3.65. The minimum absolute atomic E-state index is 0.00415. The second kappa shape index (κ2) is 8.48. The Labute approximate surface area is 164 Å². The lowest BCUT2D eigenvalue weighted by atomic mass is 9.99. The Bertz CT molecular complexity index is 861. The van der Waals surface area contributed by atoms with Crippen LogP contribution in [-0.2, 0) is 4.79 Å². The maximum atomic E-state index is 13.0. The summed E-state index contributed by atoms with van der Waals surface area (Å²) >= 11 is 0. The van der Waals surface area contributed by atoms with Crippen LogP contribution in [0.25, 0.3) is 0 Å². The molecule has 7 nitrogen and oxygen atoms in total. The van der Waals surface area contributed by atoms with Gasteiger partial charge in [-0.05, 0) is 45.0 Å². The normalized spacial score (nSPS) is 17.2. The first-order chi connectivity index (χ1) is 13.5. The second-order valence-electron chi connectivity index (χ2n) is 6.98. The molecule has 0 radical (unpaired) electrons. The third-order valence-corrected chi connectivity index (χ3v) is 5.25. The van der Waals surface area contributed by atoms with Crippen molar-refractivity contribution in [3.8, 4) is 0 Å². The number of aryl methyl sites for hydroxylation is 1. The van der Waals surface area contributed by atoms with Crippen molar-refractivity contribution in [2.75, 3.05) is 26.2 Å². The first-order valence-corrected chi connectivity index (χ1v) is 9.70. The lowest BCUT2D eigenvalue weighted by molar-refractivity contribution is -0.896. The molecule has 1 atom stereocenters. The van der Waals surface area contributed by atoms with E-state index in [1.165, 1.54) is 16.1 Å². The van der Waals surface area contributed by atoms with E-state index in [4.69, 9.17) is 8.83 Å². The minimum Gasteiger partial charge on any atom is -0.503 e. The standard InChI is InChI=1S/C21H26N2O5/c1-4-22(5-2)11-7-12-23-18(15-8-6-13-27-15)17(20(25)21(23)26)19(24)16-10-9-14(3)28-16/h6,8-10,13,18,25H,4-5,7,11-12H2,1-3H3/p+1/t18-/m0/s1. The van der Waals surface area contributed by atoms with E-state index in [-0.39, 0.29) is 11.3 Å². The van der Waals surface area contributed by atoms with Crippen molar-refractivity contribution in [1.29, 1.82) is 0 Å². The van der Waals surface area contributed by atoms with Gasteiger partial charge in [0.05, 0.1) is 31.5 Å². The Hall–Kier alpha value is -2.80. The summed E-state index contributed by atoms with van der Waals surface area (Å²) in [6.07, 6.45) is 2.25. The molecule has 1 aliphatic rings. The number of ketones is 1. The highest BCUT2D eigenvalue weighted by molar-refractivity contribution is 6.14. The topological polar surface area (TPSA) is 88.3 Å². The van der Waals surface area contributed by atoms with E-state index in [9.17, 15) is 14.7 Å². The van der Waals surface area contributed by atoms with E-state index in [0.29, 0.717) is 18.1 Å². The van der Waals surface area contributed by atoms with Gasteiger partial charge in [0.1, 0.15) is 17.6 Å². The number of quaternary nitrogens is 1. The third kappa shape index (κ3) is 3.75. The lowest BCUT2D eigenvalue weighted by Gasteiger charge is -2.25. The summed E-state index contributed by atoms with van der Waals surface area (Å²) in [5.41, 5.74) is 0.00415. The van der Waals surface area contributed by atoms with E-state index in [1.807, 2.05) is 0 Å². The Morgan fingerprint density at radius 2 is 2.00 bits per heavy atom. The summed E-state index contributed by atoms with van der Waals surface area (Å²) in [5, 5.41) is 10.5. The van der Waals surface area contributed by atoms with Crippen molar-refractivity contribution in [3.63, 3.8) is 0 Å². The number of Topliss-reactive ketones (excluding diaryl/α,β-unsaturated/α-hetero) is 1. The van der Waals surface area contributed by atoms with Gasteiger partial charge in [0.15, 0.2) is 11.5 Å². The molecule has 0 fully saturated rings. The van der Waals surface area contributed by atoms with Gasteiger partial charge in [0, 0.05) is 13.0 Å². The Morgan fingerprint density at radius 3 is 2.57 bits per heavy atom. The fourth-order valence-electron chi connectivity index (χ4n) is 3.65. The molecule has 1 aliphatic heterocycles. The van der Waals surface area contributed by atoms with Gasteiger partial charge in [-0.15, -0.1) is 0 Å². The maximum absolute atomic E-state index is 13.0. The number of furan rings is 2. The van der Waals surface area contributed by atoms with Crippen LogP contribution < -0.4 is 4.90 Å². The summed E-state index contributed by atoms with van der Waals surface area (Å²) in [6.45, 7) is 9.34. The number of rotatable bonds is 9. The summed E-state index contributed by atoms with van der Waals surface area (Å²) in [7, 11) is 0. The highest BCUT2D eigenvalue weighted by atomic mass is 16.3. The average molecular weight is 387 g/mol. The molecule has 0 aromatic carbocycles. The zero-order valence-corrected chi connectivity index (χ0v) is 16.5. The van der Waals surface area contributed by atoms with Crippen molar-refractivity contribution < 1.29 is 28.4 Å². The van der Waals surface area contributed by atoms with Crippen molar-refractivity contribution in [3.05, 3.63) is 59.1 Å². The number of nitrogens with one attached hydrogen (secondary N) is 1. The zero-order chi connectivity index (χ0) is 20.3. The van der Waals surface area contributed by atoms with Crippen molar-refractivity contribution in [1.82, 2.24) is 4.90 Å². The Balaban J connectivity index is 1.88. The predicted octanol–water partition coefficient (Wildman–Crippen LogP) is 2.07. The van der Waals surface area contributed by atoms with Crippen LogP contribution in [0.2, 0.25) is 0 Å². The van der Waals surface area contributed by atoms with Crippen LogP contribution in [0.5, 0.6) is 0 Å². The molecule has 1 amide bonds. The van der Waals surface area contributed by atoms with E-state index in [1.54, 1.807) is 31.2 Å². The molecule has 0 saturated heterocycles. The van der Waals surface area contributed by atoms with Crippen LogP contribution in [0.3, 0.4) is 0 Å². The molecule has 0 bridgehead atoms. The molecule has 150 valence electrons. The van der Waals surface area contributed by atoms with Crippen molar-refractivity contribution in [2.24, 2.45) is 0 Å². The number of nitrogens with zero attached hydrogens (tertiary/aromatic N) is 1. The summed E-state index contributed by atoms with van der Waals surface area (Å²) in [5.74, 6) is -0.464. The van der Waals surface area contributed by atoms with Crippen LogP contribution in [-0.4, -0.2) is 47.9 Å². The quantitative estimate of drug-likeness (QED) is 0.643. The highest BCUT2D eigenvalue weighted by Crippen LogP contribution is 2.39. The molecule has 0 spiro atoms. The molecule has 3 rings (SSSR count). The SMILES string of the molecule is CC[NH+](CC)CCCN1C(=O)C(O)=C(C(=O)c2ccc(C)o2)[C@@H]1c1ccco1. The average Bonchev–Trinajstić information content (AvgIpc) is 3.41. The van der Waals surface area contributed by atoms with Gasteiger partial charge >= 0.3 is 0 Å². The molecule has 0 aliphatic carbocycles. The number of hydrogen-bond donors (Lipinski definition) is 2. The van der Waals surface area contributed by atoms with E-state index >= 15 is 0 Å². The largest absolute Gasteiger partial charge is 0.503 e. The molecule has 3 heterocycles. The van der Waals surface area contributed by atoms with Gasteiger partial charge < -0.3 is 23.7 Å². The van der Waals surface area contributed by atoms with E-state index in [0.717, 1.165) is 26.1 Å². The highest BCUT2D eigenvalue weighted by Gasteiger charge is 2.45. The predicted molar refractivity (Wildman–Crippen MR) is 102 cm³/mol. The molecule has 0 unspecified atom stereocenters. The maximum Gasteiger partial charge on any atom is 0.290 e. The van der Waals surface area contributed by atoms with Gasteiger partial charge in [-0.25, -0.2) is 0 Å². The fraction of sp³-hybridized carbons (Fsp3) is 0.429. The number of carbonyl (C=O) groups excluding carboxylic acids is 2. The molecule has 2 aromatic heterocycles. The molecular weight excluding hydrogens is 360 g/mol. The van der Waals surface area contributed by atoms with Crippen LogP contribution in [0.1, 0.15) is 48.4 Å².